The van der Waals surface area contributed by atoms with Crippen LogP contribution in [0, 0.1) is 5.92 Å². The average molecular weight is 187 g/mol. The van der Waals surface area contributed by atoms with E-state index >= 15 is 0 Å². The lowest BCUT2D eigenvalue weighted by molar-refractivity contribution is 0.265. The number of nitrogens with two attached hydrogens (primary N) is 1. The first-order valence-electron chi connectivity index (χ1n) is 4.85. The van der Waals surface area contributed by atoms with Gasteiger partial charge in [-0.3, -0.25) is 0 Å². The molecule has 1 atom stereocenters. The van der Waals surface area contributed by atoms with Crippen LogP contribution >= 0.6 is 0 Å². The zero-order valence-electron chi connectivity index (χ0n) is 8.82. The maximum Gasteiger partial charge on any atom is 0.143 e. The second-order valence-corrected chi connectivity index (χ2v) is 3.32. The molecule has 0 aliphatic rings. The third-order valence-corrected chi connectivity index (χ3v) is 2.14. The first-order chi connectivity index (χ1) is 6.15. The molecule has 0 rings (SSSR count). The minimum Gasteiger partial charge on any atom is -0.409 e. The molecule has 0 fully saturated rings. The quantitative estimate of drug-likeness (QED) is 0.283. The Balaban J connectivity index is 3.92. The van der Waals surface area contributed by atoms with Crippen molar-refractivity contribution in [2.75, 3.05) is 19.6 Å². The van der Waals surface area contributed by atoms with Crippen molar-refractivity contribution in [2.24, 2.45) is 16.8 Å². The van der Waals surface area contributed by atoms with E-state index < -0.39 is 0 Å². The van der Waals surface area contributed by atoms with E-state index in [1.165, 1.54) is 0 Å². The molecule has 0 aromatic rings. The highest BCUT2D eigenvalue weighted by molar-refractivity contribution is 5.82. The van der Waals surface area contributed by atoms with E-state index in [4.69, 9.17) is 10.9 Å². The third-order valence-electron chi connectivity index (χ3n) is 2.14. The highest BCUT2D eigenvalue weighted by Crippen LogP contribution is 2.00. The van der Waals surface area contributed by atoms with E-state index in [0.29, 0.717) is 5.84 Å². The smallest absolute Gasteiger partial charge is 0.143 e. The molecule has 4 heteroatoms. The van der Waals surface area contributed by atoms with Crippen molar-refractivity contribution in [3.63, 3.8) is 0 Å². The highest BCUT2D eigenvalue weighted by Gasteiger charge is 2.11. The Morgan fingerprint density at radius 2 is 2.15 bits per heavy atom. The summed E-state index contributed by atoms with van der Waals surface area (Å²) in [6, 6.07) is 0. The van der Waals surface area contributed by atoms with Crippen molar-refractivity contribution in [2.45, 2.75) is 27.2 Å². The number of amidine groups is 1. The number of nitrogens with zero attached hydrogens (tertiary/aromatic N) is 2. The van der Waals surface area contributed by atoms with Crippen molar-refractivity contribution >= 4 is 5.84 Å². The van der Waals surface area contributed by atoms with Crippen LogP contribution < -0.4 is 5.73 Å². The summed E-state index contributed by atoms with van der Waals surface area (Å²) in [5.74, 6) is 0.436. The van der Waals surface area contributed by atoms with E-state index in [-0.39, 0.29) is 5.92 Å². The van der Waals surface area contributed by atoms with Crippen LogP contribution in [0.15, 0.2) is 5.16 Å². The second-order valence-electron chi connectivity index (χ2n) is 3.32. The van der Waals surface area contributed by atoms with E-state index in [1.807, 2.05) is 6.92 Å². The molecule has 0 heterocycles. The molecule has 78 valence electrons. The topological polar surface area (TPSA) is 61.8 Å². The van der Waals surface area contributed by atoms with Gasteiger partial charge in [0.15, 0.2) is 0 Å². The van der Waals surface area contributed by atoms with Crippen LogP contribution in [0.25, 0.3) is 0 Å². The second kappa shape index (κ2) is 6.71. The maximum atomic E-state index is 8.47. The molecule has 0 aromatic heterocycles. The fourth-order valence-corrected chi connectivity index (χ4v) is 1.27. The van der Waals surface area contributed by atoms with Gasteiger partial charge >= 0.3 is 0 Å². The van der Waals surface area contributed by atoms with Gasteiger partial charge in [0.05, 0.1) is 0 Å². The molecule has 4 nitrogen and oxygen atoms in total. The van der Waals surface area contributed by atoms with Gasteiger partial charge in [0.2, 0.25) is 0 Å². The van der Waals surface area contributed by atoms with Crippen LogP contribution in [-0.2, 0) is 0 Å². The van der Waals surface area contributed by atoms with Gasteiger partial charge in [0, 0.05) is 12.5 Å². The summed E-state index contributed by atoms with van der Waals surface area (Å²) in [6.07, 6.45) is 1.14. The van der Waals surface area contributed by atoms with Crippen LogP contribution in [0.5, 0.6) is 0 Å². The molecule has 0 aromatic carbocycles. The highest BCUT2D eigenvalue weighted by atomic mass is 16.4. The van der Waals surface area contributed by atoms with Crippen molar-refractivity contribution in [3.8, 4) is 0 Å². The molecule has 13 heavy (non-hydrogen) atoms. The molecular weight excluding hydrogens is 166 g/mol. The third kappa shape index (κ3) is 4.72. The fraction of sp³-hybridized carbons (Fsp3) is 0.889. The Labute approximate surface area is 80.4 Å². The van der Waals surface area contributed by atoms with E-state index in [0.717, 1.165) is 26.1 Å². The van der Waals surface area contributed by atoms with Crippen LogP contribution in [0.1, 0.15) is 27.2 Å². The van der Waals surface area contributed by atoms with Crippen LogP contribution in [0.2, 0.25) is 0 Å². The van der Waals surface area contributed by atoms with Gasteiger partial charge in [-0.2, -0.15) is 0 Å². The zero-order chi connectivity index (χ0) is 10.3. The molecule has 3 N–H and O–H groups in total. The summed E-state index contributed by atoms with van der Waals surface area (Å²) in [7, 11) is 0. The summed E-state index contributed by atoms with van der Waals surface area (Å²) in [6.45, 7) is 9.18. The van der Waals surface area contributed by atoms with E-state index in [9.17, 15) is 0 Å². The Morgan fingerprint density at radius 1 is 1.54 bits per heavy atom. The minimum absolute atomic E-state index is 0.122. The van der Waals surface area contributed by atoms with E-state index in [2.05, 4.69) is 23.9 Å². The lowest BCUT2D eigenvalue weighted by atomic mass is 10.1. The van der Waals surface area contributed by atoms with Gasteiger partial charge in [0.25, 0.3) is 0 Å². The Bertz CT molecular complexity index is 159. The summed E-state index contributed by atoms with van der Waals surface area (Å²) >= 11 is 0. The normalized spacial score (nSPS) is 14.9. The average Bonchev–Trinajstić information content (AvgIpc) is 2.15. The Morgan fingerprint density at radius 3 is 2.54 bits per heavy atom. The molecule has 1 unspecified atom stereocenters. The summed E-state index contributed by atoms with van der Waals surface area (Å²) < 4.78 is 0. The molecule has 0 saturated heterocycles. The molecule has 0 bridgehead atoms. The van der Waals surface area contributed by atoms with Gasteiger partial charge in [-0.05, 0) is 19.5 Å². The van der Waals surface area contributed by atoms with E-state index in [1.54, 1.807) is 0 Å². The van der Waals surface area contributed by atoms with Crippen molar-refractivity contribution in [1.82, 2.24) is 4.90 Å². The molecule has 0 spiro atoms. The van der Waals surface area contributed by atoms with Gasteiger partial charge in [-0.25, -0.2) is 0 Å². The number of hydrogen-bond donors (Lipinski definition) is 2. The van der Waals surface area contributed by atoms with Crippen LogP contribution in [0.3, 0.4) is 0 Å². The van der Waals surface area contributed by atoms with Gasteiger partial charge in [-0.1, -0.05) is 25.9 Å². The first kappa shape index (κ1) is 12.2. The predicted octanol–water partition coefficient (Wildman–Crippen LogP) is 1.10. The van der Waals surface area contributed by atoms with Gasteiger partial charge < -0.3 is 15.8 Å². The number of hydrogen-bond acceptors (Lipinski definition) is 3. The lowest BCUT2D eigenvalue weighted by Crippen LogP contribution is -2.35. The van der Waals surface area contributed by atoms with Crippen molar-refractivity contribution in [3.05, 3.63) is 0 Å². The molecule has 0 saturated carbocycles. The molecule has 0 radical (unpaired) electrons. The van der Waals surface area contributed by atoms with Crippen molar-refractivity contribution < 1.29 is 5.21 Å². The number of rotatable bonds is 6. The molecule has 0 aliphatic carbocycles. The summed E-state index contributed by atoms with van der Waals surface area (Å²) in [4.78, 5) is 2.29. The Hall–Kier alpha value is -0.770. The fourth-order valence-electron chi connectivity index (χ4n) is 1.27. The molecule has 0 amide bonds. The van der Waals surface area contributed by atoms with Gasteiger partial charge in [0.1, 0.15) is 5.84 Å². The lowest BCUT2D eigenvalue weighted by Gasteiger charge is -2.22. The molecule has 0 aliphatic heterocycles. The zero-order valence-corrected chi connectivity index (χ0v) is 8.82. The van der Waals surface area contributed by atoms with Gasteiger partial charge in [-0.15, -0.1) is 0 Å². The predicted molar refractivity (Wildman–Crippen MR) is 55.0 cm³/mol. The maximum absolute atomic E-state index is 8.47. The standard InChI is InChI=1S/C9H21N3O/c1-4-6-12(5-2)7-8(3)9(10)11-13/h8,13H,4-7H2,1-3H3,(H2,10,11). The monoisotopic (exact) mass is 187 g/mol. The molecular formula is C9H21N3O. The first-order valence-corrected chi connectivity index (χ1v) is 4.85. The SMILES string of the molecule is CCCN(CC)CC(C)/C(N)=N/O. The van der Waals surface area contributed by atoms with Crippen LogP contribution in [0.4, 0.5) is 0 Å². The van der Waals surface area contributed by atoms with Crippen LogP contribution in [-0.4, -0.2) is 35.6 Å². The number of oxime groups is 1. The minimum atomic E-state index is 0.122. The summed E-state index contributed by atoms with van der Waals surface area (Å²) in [5, 5.41) is 11.5. The van der Waals surface area contributed by atoms with Crippen molar-refractivity contribution in [1.29, 1.82) is 0 Å². The summed E-state index contributed by atoms with van der Waals surface area (Å²) in [5.41, 5.74) is 5.49. The Kier molecular flexibility index (Phi) is 6.32. The largest absolute Gasteiger partial charge is 0.409 e.